The number of hydrogen-bond acceptors (Lipinski definition) is 2. The molecule has 0 bridgehead atoms. The molecule has 0 radical (unpaired) electrons. The Kier molecular flexibility index (Phi) is 6.23. The number of ether oxygens (including phenoxy) is 1. The molecule has 2 N–H and O–H groups in total. The summed E-state index contributed by atoms with van der Waals surface area (Å²) in [6, 6.07) is 8.57. The third-order valence-corrected chi connectivity index (χ3v) is 3.06. The number of benzene rings is 1. The third-order valence-electron chi connectivity index (χ3n) is 3.06. The van der Waals surface area contributed by atoms with E-state index in [0.29, 0.717) is 0 Å². The Morgan fingerprint density at radius 3 is 2.59 bits per heavy atom. The molecule has 0 amide bonds. The maximum Gasteiger partial charge on any atom is 0.0764 e. The minimum Gasteiger partial charge on any atom is -0.377 e. The summed E-state index contributed by atoms with van der Waals surface area (Å²) >= 11 is 0. The van der Waals surface area contributed by atoms with Gasteiger partial charge in [0.2, 0.25) is 0 Å². The predicted molar refractivity (Wildman–Crippen MR) is 73.1 cm³/mol. The SMILES string of the molecule is CCCc1cccc(C(N)C(CC)OCC)c1. The quantitative estimate of drug-likeness (QED) is 0.785. The maximum absolute atomic E-state index is 6.28. The molecule has 0 saturated heterocycles. The average molecular weight is 235 g/mol. The minimum absolute atomic E-state index is 0.0169. The zero-order valence-corrected chi connectivity index (χ0v) is 11.3. The van der Waals surface area contributed by atoms with Crippen LogP contribution in [0, 0.1) is 0 Å². The normalized spacial score (nSPS) is 14.6. The van der Waals surface area contributed by atoms with Gasteiger partial charge < -0.3 is 10.5 Å². The van der Waals surface area contributed by atoms with Crippen molar-refractivity contribution in [3.8, 4) is 0 Å². The zero-order chi connectivity index (χ0) is 12.7. The van der Waals surface area contributed by atoms with Crippen molar-refractivity contribution < 1.29 is 4.74 Å². The Morgan fingerprint density at radius 2 is 2.00 bits per heavy atom. The summed E-state index contributed by atoms with van der Waals surface area (Å²) in [5, 5.41) is 0. The van der Waals surface area contributed by atoms with E-state index >= 15 is 0 Å². The van der Waals surface area contributed by atoms with Gasteiger partial charge in [-0.15, -0.1) is 0 Å². The van der Waals surface area contributed by atoms with Crippen LogP contribution in [-0.2, 0) is 11.2 Å². The van der Waals surface area contributed by atoms with Gasteiger partial charge in [0.1, 0.15) is 0 Å². The summed E-state index contributed by atoms with van der Waals surface area (Å²) in [4.78, 5) is 0. The molecule has 1 aromatic rings. The lowest BCUT2D eigenvalue weighted by molar-refractivity contribution is 0.0413. The molecule has 96 valence electrons. The van der Waals surface area contributed by atoms with Crippen LogP contribution >= 0.6 is 0 Å². The molecule has 17 heavy (non-hydrogen) atoms. The summed E-state index contributed by atoms with van der Waals surface area (Å²) in [5.74, 6) is 0. The van der Waals surface area contributed by atoms with Crippen LogP contribution in [-0.4, -0.2) is 12.7 Å². The lowest BCUT2D eigenvalue weighted by atomic mass is 9.97. The van der Waals surface area contributed by atoms with Crippen molar-refractivity contribution in [2.75, 3.05) is 6.61 Å². The monoisotopic (exact) mass is 235 g/mol. The smallest absolute Gasteiger partial charge is 0.0764 e. The second-order valence-electron chi connectivity index (χ2n) is 4.42. The van der Waals surface area contributed by atoms with E-state index in [2.05, 4.69) is 38.1 Å². The second-order valence-corrected chi connectivity index (χ2v) is 4.42. The molecule has 0 spiro atoms. The van der Waals surface area contributed by atoms with Gasteiger partial charge in [0.25, 0.3) is 0 Å². The van der Waals surface area contributed by atoms with Gasteiger partial charge >= 0.3 is 0 Å². The maximum atomic E-state index is 6.28. The van der Waals surface area contributed by atoms with Crippen LogP contribution < -0.4 is 5.73 Å². The van der Waals surface area contributed by atoms with Crippen molar-refractivity contribution in [2.45, 2.75) is 52.2 Å². The number of aryl methyl sites for hydroxylation is 1. The van der Waals surface area contributed by atoms with Crippen molar-refractivity contribution in [1.82, 2.24) is 0 Å². The highest BCUT2D eigenvalue weighted by Crippen LogP contribution is 2.20. The van der Waals surface area contributed by atoms with E-state index in [-0.39, 0.29) is 12.1 Å². The number of hydrogen-bond donors (Lipinski definition) is 1. The van der Waals surface area contributed by atoms with E-state index in [1.807, 2.05) is 6.92 Å². The van der Waals surface area contributed by atoms with Crippen molar-refractivity contribution in [3.63, 3.8) is 0 Å². The Balaban J connectivity index is 2.79. The summed E-state index contributed by atoms with van der Waals surface area (Å²) in [6.07, 6.45) is 3.36. The highest BCUT2D eigenvalue weighted by molar-refractivity contribution is 5.26. The Morgan fingerprint density at radius 1 is 1.24 bits per heavy atom. The highest BCUT2D eigenvalue weighted by Gasteiger charge is 2.17. The van der Waals surface area contributed by atoms with Gasteiger partial charge in [0.05, 0.1) is 12.1 Å². The van der Waals surface area contributed by atoms with Crippen LogP contribution in [0.25, 0.3) is 0 Å². The third kappa shape index (κ3) is 4.14. The lowest BCUT2D eigenvalue weighted by Gasteiger charge is -2.23. The number of rotatable bonds is 7. The molecule has 0 saturated carbocycles. The minimum atomic E-state index is -0.0169. The molecule has 0 fully saturated rings. The Bertz CT molecular complexity index is 324. The molecule has 2 heteroatoms. The summed E-state index contributed by atoms with van der Waals surface area (Å²) in [7, 11) is 0. The molecular weight excluding hydrogens is 210 g/mol. The van der Waals surface area contributed by atoms with Gasteiger partial charge in [-0.2, -0.15) is 0 Å². The molecule has 1 rings (SSSR count). The number of nitrogens with two attached hydrogens (primary N) is 1. The topological polar surface area (TPSA) is 35.2 Å². The van der Waals surface area contributed by atoms with Gasteiger partial charge in [-0.25, -0.2) is 0 Å². The first-order valence-corrected chi connectivity index (χ1v) is 6.68. The van der Waals surface area contributed by atoms with Crippen LogP contribution in [0.3, 0.4) is 0 Å². The van der Waals surface area contributed by atoms with Gasteiger partial charge in [-0.3, -0.25) is 0 Å². The largest absolute Gasteiger partial charge is 0.377 e. The van der Waals surface area contributed by atoms with Crippen molar-refractivity contribution in [2.24, 2.45) is 5.73 Å². The van der Waals surface area contributed by atoms with Crippen LogP contribution in [0.15, 0.2) is 24.3 Å². The molecule has 2 unspecified atom stereocenters. The summed E-state index contributed by atoms with van der Waals surface area (Å²) in [6.45, 7) is 7.06. The van der Waals surface area contributed by atoms with Gasteiger partial charge in [0, 0.05) is 6.61 Å². The summed E-state index contributed by atoms with van der Waals surface area (Å²) in [5.41, 5.74) is 8.83. The average Bonchev–Trinajstić information content (AvgIpc) is 2.36. The summed E-state index contributed by atoms with van der Waals surface area (Å²) < 4.78 is 5.68. The van der Waals surface area contributed by atoms with Crippen LogP contribution in [0.5, 0.6) is 0 Å². The molecule has 2 nitrogen and oxygen atoms in total. The van der Waals surface area contributed by atoms with E-state index < -0.39 is 0 Å². The zero-order valence-electron chi connectivity index (χ0n) is 11.3. The first-order valence-electron chi connectivity index (χ1n) is 6.68. The fourth-order valence-electron chi connectivity index (χ4n) is 2.15. The lowest BCUT2D eigenvalue weighted by Crippen LogP contribution is -2.28. The van der Waals surface area contributed by atoms with Crippen LogP contribution in [0.1, 0.15) is 50.8 Å². The predicted octanol–water partition coefficient (Wildman–Crippen LogP) is 3.45. The first-order chi connectivity index (χ1) is 8.22. The van der Waals surface area contributed by atoms with Crippen molar-refractivity contribution in [1.29, 1.82) is 0 Å². The Hall–Kier alpha value is -0.860. The fourth-order valence-corrected chi connectivity index (χ4v) is 2.15. The second kappa shape index (κ2) is 7.46. The molecule has 0 aliphatic rings. The van der Waals surface area contributed by atoms with Gasteiger partial charge in [-0.05, 0) is 30.9 Å². The highest BCUT2D eigenvalue weighted by atomic mass is 16.5. The molecule has 0 heterocycles. The van der Waals surface area contributed by atoms with Crippen LogP contribution in [0.2, 0.25) is 0 Å². The molecule has 0 aliphatic carbocycles. The molecule has 0 aromatic heterocycles. The van der Waals surface area contributed by atoms with E-state index in [1.165, 1.54) is 17.5 Å². The van der Waals surface area contributed by atoms with E-state index in [0.717, 1.165) is 19.4 Å². The first kappa shape index (κ1) is 14.2. The van der Waals surface area contributed by atoms with E-state index in [4.69, 9.17) is 10.5 Å². The van der Waals surface area contributed by atoms with Gasteiger partial charge in [-0.1, -0.05) is 44.5 Å². The Labute approximate surface area is 105 Å². The van der Waals surface area contributed by atoms with Crippen LogP contribution in [0.4, 0.5) is 0 Å². The molecule has 1 aromatic carbocycles. The molecule has 2 atom stereocenters. The van der Waals surface area contributed by atoms with Crippen molar-refractivity contribution in [3.05, 3.63) is 35.4 Å². The molecule has 0 aliphatic heterocycles. The van der Waals surface area contributed by atoms with E-state index in [9.17, 15) is 0 Å². The van der Waals surface area contributed by atoms with E-state index in [1.54, 1.807) is 0 Å². The standard InChI is InChI=1S/C15H25NO/c1-4-8-12-9-7-10-13(11-12)15(16)14(5-2)17-6-3/h7,9-11,14-15H,4-6,8,16H2,1-3H3. The molecular formula is C15H25NO. The van der Waals surface area contributed by atoms with Gasteiger partial charge in [0.15, 0.2) is 0 Å². The van der Waals surface area contributed by atoms with Crippen molar-refractivity contribution >= 4 is 0 Å². The fraction of sp³-hybridized carbons (Fsp3) is 0.600.